The van der Waals surface area contributed by atoms with Gasteiger partial charge in [0.05, 0.1) is 0 Å². The Morgan fingerprint density at radius 2 is 1.89 bits per heavy atom. The van der Waals surface area contributed by atoms with Gasteiger partial charge in [-0.2, -0.15) is 0 Å². The Hall–Kier alpha value is -2.57. The number of nitrogens with zero attached hydrogens (tertiary/aromatic N) is 2. The summed E-state index contributed by atoms with van der Waals surface area (Å²) in [7, 11) is 0. The zero-order valence-electron chi connectivity index (χ0n) is 14.5. The minimum Gasteiger partial charge on any atom is -0.396 e. The minimum absolute atomic E-state index is 0.182. The van der Waals surface area contributed by atoms with Gasteiger partial charge >= 0.3 is 0 Å². The van der Waals surface area contributed by atoms with Gasteiger partial charge in [-0.3, -0.25) is 0 Å². The number of fused-ring (bicyclic) bond motifs is 2. The number of aliphatic hydroxyl groups is 1. The quantitative estimate of drug-likeness (QED) is 0.533. The Labute approximate surface area is 159 Å². The molecule has 1 aliphatic carbocycles. The summed E-state index contributed by atoms with van der Waals surface area (Å²) in [5, 5.41) is 25.8. The van der Waals surface area contributed by atoms with Crippen LogP contribution in [0.3, 0.4) is 0 Å². The lowest BCUT2D eigenvalue weighted by Crippen LogP contribution is -2.37. The zero-order valence-corrected chi connectivity index (χ0v) is 15.3. The summed E-state index contributed by atoms with van der Waals surface area (Å²) in [6, 6.07) is 14.1. The Morgan fingerprint density at radius 1 is 1.07 bits per heavy atom. The molecule has 0 spiro atoms. The molecule has 1 fully saturated rings. The van der Waals surface area contributed by atoms with Gasteiger partial charge in [0, 0.05) is 44.5 Å². The number of aromatic nitrogens is 2. The van der Waals surface area contributed by atoms with Crippen molar-refractivity contribution in [3.05, 3.63) is 53.7 Å². The Bertz CT molecular complexity index is 1140. The fourth-order valence-corrected chi connectivity index (χ4v) is 4.61. The molecule has 4 aromatic rings. The molecule has 2 heterocycles. The normalized spacial score (nSPS) is 19.3. The van der Waals surface area contributed by atoms with E-state index in [0.717, 1.165) is 45.4 Å². The van der Waals surface area contributed by atoms with Crippen LogP contribution in [0.25, 0.3) is 32.1 Å². The van der Waals surface area contributed by atoms with Gasteiger partial charge in [-0.05, 0) is 30.9 Å². The molecular formula is C21H18FN3OS. The van der Waals surface area contributed by atoms with Gasteiger partial charge in [-0.15, -0.1) is 21.5 Å². The molecule has 6 heteroatoms. The maximum atomic E-state index is 13.8. The second kappa shape index (κ2) is 6.55. The fourth-order valence-electron chi connectivity index (χ4n) is 3.76. The standard InChI is InChI=1S/C21H18FN3OS/c22-18-11-27-19-9-13(5-6-17(18)19)20-15-3-1-2-4-16(15)21(25-24-20)23-14-7-12(8-14)10-26/h1-6,9,11-12,14,26H,7-8,10H2,(H,23,25). The number of thiophene rings is 1. The summed E-state index contributed by atoms with van der Waals surface area (Å²) in [5.41, 5.74) is 1.73. The largest absolute Gasteiger partial charge is 0.396 e. The molecule has 0 amide bonds. The Morgan fingerprint density at radius 3 is 2.70 bits per heavy atom. The van der Waals surface area contributed by atoms with Gasteiger partial charge in [-0.25, -0.2) is 4.39 Å². The molecule has 1 aliphatic rings. The van der Waals surface area contributed by atoms with E-state index < -0.39 is 0 Å². The number of nitrogens with one attached hydrogen (secondary N) is 1. The SMILES string of the molecule is OCC1CC(Nc2nnc(-c3ccc4c(F)csc4c3)c3ccccc23)C1. The third-order valence-corrected chi connectivity index (χ3v) is 6.24. The van der Waals surface area contributed by atoms with Crippen LogP contribution in [-0.2, 0) is 0 Å². The van der Waals surface area contributed by atoms with Crippen LogP contribution < -0.4 is 5.32 Å². The molecule has 2 aromatic carbocycles. The van der Waals surface area contributed by atoms with E-state index in [1.165, 1.54) is 16.7 Å². The first kappa shape index (κ1) is 16.6. The van der Waals surface area contributed by atoms with Crippen LogP contribution >= 0.6 is 11.3 Å². The van der Waals surface area contributed by atoms with E-state index in [-0.39, 0.29) is 12.4 Å². The lowest BCUT2D eigenvalue weighted by atomic mass is 9.81. The van der Waals surface area contributed by atoms with E-state index in [1.54, 1.807) is 0 Å². The van der Waals surface area contributed by atoms with Crippen molar-refractivity contribution in [2.45, 2.75) is 18.9 Å². The maximum absolute atomic E-state index is 13.8. The number of halogens is 1. The molecule has 0 saturated heterocycles. The third kappa shape index (κ3) is 2.85. The summed E-state index contributed by atoms with van der Waals surface area (Å²) >= 11 is 1.40. The first-order chi connectivity index (χ1) is 13.2. The van der Waals surface area contributed by atoms with Crippen molar-refractivity contribution in [1.82, 2.24) is 10.2 Å². The average molecular weight is 379 g/mol. The molecule has 2 N–H and O–H groups in total. The molecule has 1 saturated carbocycles. The number of rotatable bonds is 4. The summed E-state index contributed by atoms with van der Waals surface area (Å²) in [4.78, 5) is 0. The predicted octanol–water partition coefficient (Wildman–Crippen LogP) is 4.83. The van der Waals surface area contributed by atoms with Gasteiger partial charge in [-0.1, -0.05) is 30.3 Å². The van der Waals surface area contributed by atoms with Crippen LogP contribution in [0.5, 0.6) is 0 Å². The van der Waals surface area contributed by atoms with Crippen molar-refractivity contribution < 1.29 is 9.50 Å². The fraction of sp³-hybridized carbons (Fsp3) is 0.238. The zero-order chi connectivity index (χ0) is 18.4. The number of aliphatic hydroxyl groups excluding tert-OH is 1. The number of hydrogen-bond acceptors (Lipinski definition) is 5. The molecule has 5 rings (SSSR count). The highest BCUT2D eigenvalue weighted by Gasteiger charge is 2.29. The molecular weight excluding hydrogens is 361 g/mol. The molecule has 0 atom stereocenters. The van der Waals surface area contributed by atoms with Crippen molar-refractivity contribution in [3.63, 3.8) is 0 Å². The predicted molar refractivity (Wildman–Crippen MR) is 108 cm³/mol. The molecule has 4 nitrogen and oxygen atoms in total. The summed E-state index contributed by atoms with van der Waals surface area (Å²) in [5.74, 6) is 0.983. The molecule has 0 bridgehead atoms. The molecule has 27 heavy (non-hydrogen) atoms. The first-order valence-corrected chi connectivity index (χ1v) is 9.91. The van der Waals surface area contributed by atoms with E-state index in [0.29, 0.717) is 17.3 Å². The first-order valence-electron chi connectivity index (χ1n) is 9.03. The van der Waals surface area contributed by atoms with Gasteiger partial charge < -0.3 is 10.4 Å². The second-order valence-electron chi connectivity index (χ2n) is 7.10. The third-order valence-electron chi connectivity index (χ3n) is 5.32. The highest BCUT2D eigenvalue weighted by Crippen LogP contribution is 2.35. The minimum atomic E-state index is -0.182. The maximum Gasteiger partial charge on any atom is 0.156 e. The lowest BCUT2D eigenvalue weighted by Gasteiger charge is -2.35. The summed E-state index contributed by atoms with van der Waals surface area (Å²) < 4.78 is 14.7. The molecule has 0 unspecified atom stereocenters. The molecule has 136 valence electrons. The van der Waals surface area contributed by atoms with Crippen LogP contribution in [0.2, 0.25) is 0 Å². The number of anilines is 1. The van der Waals surface area contributed by atoms with Gasteiger partial charge in [0.1, 0.15) is 11.5 Å². The van der Waals surface area contributed by atoms with Crippen LogP contribution in [0.15, 0.2) is 47.8 Å². The van der Waals surface area contributed by atoms with E-state index in [1.807, 2.05) is 42.5 Å². The molecule has 0 aliphatic heterocycles. The monoisotopic (exact) mass is 379 g/mol. The van der Waals surface area contributed by atoms with Crippen LogP contribution in [0.1, 0.15) is 12.8 Å². The van der Waals surface area contributed by atoms with Crippen molar-refractivity contribution in [2.24, 2.45) is 5.92 Å². The molecule has 0 radical (unpaired) electrons. The number of benzene rings is 2. The summed E-state index contributed by atoms with van der Waals surface area (Å²) in [6.45, 7) is 0.245. The average Bonchev–Trinajstić information content (AvgIpc) is 3.04. The van der Waals surface area contributed by atoms with Crippen molar-refractivity contribution in [3.8, 4) is 11.3 Å². The van der Waals surface area contributed by atoms with Crippen LogP contribution in [0.4, 0.5) is 10.2 Å². The van der Waals surface area contributed by atoms with Gasteiger partial charge in [0.25, 0.3) is 0 Å². The van der Waals surface area contributed by atoms with E-state index in [4.69, 9.17) is 0 Å². The second-order valence-corrected chi connectivity index (χ2v) is 8.01. The Balaban J connectivity index is 1.56. The van der Waals surface area contributed by atoms with E-state index in [2.05, 4.69) is 15.5 Å². The van der Waals surface area contributed by atoms with E-state index in [9.17, 15) is 9.50 Å². The van der Waals surface area contributed by atoms with Crippen LogP contribution in [0, 0.1) is 11.7 Å². The smallest absolute Gasteiger partial charge is 0.156 e. The van der Waals surface area contributed by atoms with E-state index >= 15 is 0 Å². The highest BCUT2D eigenvalue weighted by molar-refractivity contribution is 7.17. The van der Waals surface area contributed by atoms with Crippen molar-refractivity contribution in [2.75, 3.05) is 11.9 Å². The topological polar surface area (TPSA) is 58.0 Å². The van der Waals surface area contributed by atoms with Crippen molar-refractivity contribution >= 4 is 38.0 Å². The Kier molecular flexibility index (Phi) is 4.02. The van der Waals surface area contributed by atoms with Gasteiger partial charge in [0.2, 0.25) is 0 Å². The van der Waals surface area contributed by atoms with Crippen molar-refractivity contribution in [1.29, 1.82) is 0 Å². The van der Waals surface area contributed by atoms with Crippen LogP contribution in [-0.4, -0.2) is 28.0 Å². The lowest BCUT2D eigenvalue weighted by molar-refractivity contribution is 0.151. The highest BCUT2D eigenvalue weighted by atomic mass is 32.1. The van der Waals surface area contributed by atoms with Gasteiger partial charge in [0.15, 0.2) is 5.82 Å². The number of hydrogen-bond donors (Lipinski definition) is 2. The molecule has 2 aromatic heterocycles. The summed E-state index contributed by atoms with van der Waals surface area (Å²) in [6.07, 6.45) is 1.91.